The topological polar surface area (TPSA) is 0 Å². The van der Waals surface area contributed by atoms with Crippen LogP contribution in [-0.4, -0.2) is 0 Å². The average molecular weight is 129 g/mol. The molecule has 0 nitrogen and oxygen atoms in total. The van der Waals surface area contributed by atoms with Crippen molar-refractivity contribution in [1.29, 1.82) is 0 Å². The van der Waals surface area contributed by atoms with Crippen molar-refractivity contribution < 1.29 is 0 Å². The molecule has 1 aliphatic carbocycles. The fourth-order valence-electron chi connectivity index (χ4n) is 1.30. The highest BCUT2D eigenvalue weighted by Gasteiger charge is 2.03. The Kier molecular flexibility index (Phi) is 1.13. The molecule has 0 unspecified atom stereocenters. The van der Waals surface area contributed by atoms with Crippen LogP contribution in [0.2, 0.25) is 0 Å². The highest BCUT2D eigenvalue weighted by molar-refractivity contribution is 5.59. The minimum Gasteiger partial charge on any atom is -0.0795 e. The highest BCUT2D eigenvalue weighted by Crippen LogP contribution is 2.19. The van der Waals surface area contributed by atoms with Crippen LogP contribution in [0.5, 0.6) is 0 Å². The predicted octanol–water partition coefficient (Wildman–Crippen LogP) is 2.36. The minimum absolute atomic E-state index is 1.07. The molecule has 0 aliphatic heterocycles. The molecule has 49 valence electrons. The molecule has 0 heteroatoms. The zero-order valence-electron chi connectivity index (χ0n) is 6.02. The van der Waals surface area contributed by atoms with E-state index in [9.17, 15) is 0 Å². The average Bonchev–Trinajstić information content (AvgIpc) is 2.33. The van der Waals surface area contributed by atoms with Crippen LogP contribution in [0.4, 0.5) is 0 Å². The Labute approximate surface area is 61.2 Å². The largest absolute Gasteiger partial charge is 0.0795 e. The maximum atomic E-state index is 3.33. The fraction of sp³-hybridized carbons (Fsp3) is 0.200. The van der Waals surface area contributed by atoms with Crippen molar-refractivity contribution in [2.45, 2.75) is 13.3 Å². The summed E-state index contributed by atoms with van der Waals surface area (Å²) in [4.78, 5) is 0. The molecule has 1 aromatic rings. The summed E-state index contributed by atoms with van der Waals surface area (Å²) < 4.78 is 0. The van der Waals surface area contributed by atoms with Crippen LogP contribution in [0.25, 0.3) is 6.08 Å². The SMILES string of the molecule is Cc1[c]c2c(cc1)C=CC2. The molecule has 0 fully saturated rings. The van der Waals surface area contributed by atoms with Gasteiger partial charge in [-0.15, -0.1) is 0 Å². The van der Waals surface area contributed by atoms with Crippen LogP contribution in [-0.2, 0) is 6.42 Å². The van der Waals surface area contributed by atoms with E-state index in [0.717, 1.165) is 6.42 Å². The van der Waals surface area contributed by atoms with Crippen LogP contribution in [0.1, 0.15) is 16.7 Å². The summed E-state index contributed by atoms with van der Waals surface area (Å²) >= 11 is 0. The first-order valence-electron chi connectivity index (χ1n) is 3.54. The fourth-order valence-corrected chi connectivity index (χ4v) is 1.30. The monoisotopic (exact) mass is 129 g/mol. The van der Waals surface area contributed by atoms with Crippen molar-refractivity contribution in [2.24, 2.45) is 0 Å². The summed E-state index contributed by atoms with van der Waals surface area (Å²) in [5.74, 6) is 0. The lowest BCUT2D eigenvalue weighted by molar-refractivity contribution is 1.27. The Morgan fingerprint density at radius 2 is 2.30 bits per heavy atom. The molecule has 0 amide bonds. The van der Waals surface area contributed by atoms with Crippen molar-refractivity contribution in [3.05, 3.63) is 41.0 Å². The Morgan fingerprint density at radius 1 is 1.40 bits per heavy atom. The summed E-state index contributed by atoms with van der Waals surface area (Å²) in [6.07, 6.45) is 5.41. The van der Waals surface area contributed by atoms with E-state index in [1.165, 1.54) is 16.7 Å². The second-order valence-electron chi connectivity index (χ2n) is 2.68. The maximum Gasteiger partial charge on any atom is -0.00819 e. The molecular weight excluding hydrogens is 120 g/mol. The molecule has 0 atom stereocenters. The molecule has 0 bridgehead atoms. The van der Waals surface area contributed by atoms with Gasteiger partial charge in [0.15, 0.2) is 0 Å². The van der Waals surface area contributed by atoms with E-state index in [0.29, 0.717) is 0 Å². The maximum absolute atomic E-state index is 3.33. The Hall–Kier alpha value is -1.04. The second-order valence-corrected chi connectivity index (χ2v) is 2.68. The molecule has 1 aromatic carbocycles. The molecule has 0 spiro atoms. The van der Waals surface area contributed by atoms with E-state index in [4.69, 9.17) is 0 Å². The van der Waals surface area contributed by atoms with E-state index >= 15 is 0 Å². The van der Waals surface area contributed by atoms with E-state index < -0.39 is 0 Å². The number of benzene rings is 1. The third-order valence-electron chi connectivity index (χ3n) is 1.83. The van der Waals surface area contributed by atoms with Crippen molar-refractivity contribution >= 4 is 6.08 Å². The number of aryl methyl sites for hydroxylation is 1. The van der Waals surface area contributed by atoms with Crippen LogP contribution in [0.3, 0.4) is 0 Å². The normalized spacial score (nSPS) is 13.7. The van der Waals surface area contributed by atoms with Gasteiger partial charge in [0, 0.05) is 0 Å². The van der Waals surface area contributed by atoms with E-state index in [1.807, 2.05) is 0 Å². The summed E-state index contributed by atoms with van der Waals surface area (Å²) in [7, 11) is 0. The first-order chi connectivity index (χ1) is 4.86. The van der Waals surface area contributed by atoms with Crippen LogP contribution in [0, 0.1) is 13.0 Å². The number of hydrogen-bond acceptors (Lipinski definition) is 0. The number of hydrogen-bond donors (Lipinski definition) is 0. The second kappa shape index (κ2) is 1.98. The Balaban J connectivity index is 2.59. The third-order valence-corrected chi connectivity index (χ3v) is 1.83. The van der Waals surface area contributed by atoms with Gasteiger partial charge in [-0.1, -0.05) is 24.3 Å². The first kappa shape index (κ1) is 5.72. The van der Waals surface area contributed by atoms with E-state index in [-0.39, 0.29) is 0 Å². The molecular formula is C10H9. The molecule has 1 radical (unpaired) electrons. The van der Waals surface area contributed by atoms with Gasteiger partial charge in [0.2, 0.25) is 0 Å². The molecule has 0 N–H and O–H groups in total. The Morgan fingerprint density at radius 3 is 3.20 bits per heavy atom. The van der Waals surface area contributed by atoms with Gasteiger partial charge >= 0.3 is 0 Å². The summed E-state index contributed by atoms with van der Waals surface area (Å²) in [6.45, 7) is 2.08. The molecule has 1 aliphatic rings. The zero-order valence-corrected chi connectivity index (χ0v) is 6.02. The van der Waals surface area contributed by atoms with Gasteiger partial charge in [0.05, 0.1) is 0 Å². The summed E-state index contributed by atoms with van der Waals surface area (Å²) in [6, 6.07) is 7.59. The number of fused-ring (bicyclic) bond motifs is 1. The van der Waals surface area contributed by atoms with Crippen molar-refractivity contribution in [1.82, 2.24) is 0 Å². The van der Waals surface area contributed by atoms with Crippen LogP contribution < -0.4 is 0 Å². The lowest BCUT2D eigenvalue weighted by Gasteiger charge is -1.97. The summed E-state index contributed by atoms with van der Waals surface area (Å²) in [5, 5.41) is 0. The van der Waals surface area contributed by atoms with Gasteiger partial charge < -0.3 is 0 Å². The van der Waals surface area contributed by atoms with Crippen molar-refractivity contribution in [3.8, 4) is 0 Å². The minimum atomic E-state index is 1.07. The molecule has 0 heterocycles. The van der Waals surface area contributed by atoms with E-state index in [1.54, 1.807) is 0 Å². The number of allylic oxidation sites excluding steroid dienone is 1. The van der Waals surface area contributed by atoms with Gasteiger partial charge in [-0.2, -0.15) is 0 Å². The quantitative estimate of drug-likeness (QED) is 0.504. The third kappa shape index (κ3) is 0.766. The molecule has 10 heavy (non-hydrogen) atoms. The first-order valence-corrected chi connectivity index (χ1v) is 3.54. The lowest BCUT2D eigenvalue weighted by Crippen LogP contribution is -1.82. The smallest absolute Gasteiger partial charge is 0.00819 e. The van der Waals surface area contributed by atoms with Gasteiger partial charge in [0.25, 0.3) is 0 Å². The molecule has 0 saturated carbocycles. The van der Waals surface area contributed by atoms with Gasteiger partial charge in [-0.25, -0.2) is 0 Å². The van der Waals surface area contributed by atoms with Crippen LogP contribution in [0.15, 0.2) is 18.2 Å². The standard InChI is InChI=1S/C10H9/c1-8-5-6-9-3-2-4-10(9)7-8/h2-3,5-6H,4H2,1H3. The Bertz CT molecular complexity index is 282. The lowest BCUT2D eigenvalue weighted by atomic mass is 10.1. The molecule has 0 saturated heterocycles. The molecule has 0 aromatic heterocycles. The summed E-state index contributed by atoms with van der Waals surface area (Å²) in [5.41, 5.74) is 3.92. The van der Waals surface area contributed by atoms with Gasteiger partial charge in [-0.05, 0) is 36.1 Å². The predicted molar refractivity (Wildman–Crippen MR) is 42.8 cm³/mol. The van der Waals surface area contributed by atoms with Gasteiger partial charge in [-0.3, -0.25) is 0 Å². The van der Waals surface area contributed by atoms with Gasteiger partial charge in [0.1, 0.15) is 0 Å². The van der Waals surface area contributed by atoms with Crippen molar-refractivity contribution in [3.63, 3.8) is 0 Å². The van der Waals surface area contributed by atoms with E-state index in [2.05, 4.69) is 37.3 Å². The van der Waals surface area contributed by atoms with Crippen molar-refractivity contribution in [2.75, 3.05) is 0 Å². The number of rotatable bonds is 0. The zero-order chi connectivity index (χ0) is 6.97. The highest BCUT2D eigenvalue weighted by atomic mass is 14.1. The molecule has 2 rings (SSSR count). The van der Waals surface area contributed by atoms with Crippen LogP contribution >= 0.6 is 0 Å².